The van der Waals surface area contributed by atoms with Gasteiger partial charge in [0.1, 0.15) is 0 Å². The number of ether oxygens (including phenoxy) is 1. The smallest absolute Gasteiger partial charge is 0.433 e. The minimum absolute atomic E-state index is 0.0427. The van der Waals surface area contributed by atoms with Crippen LogP contribution >= 0.6 is 11.6 Å². The molecule has 0 radical (unpaired) electrons. The first-order valence-electron chi connectivity index (χ1n) is 12.8. The highest BCUT2D eigenvalue weighted by atomic mass is 35.5. The summed E-state index contributed by atoms with van der Waals surface area (Å²) in [4.78, 5) is 45.6. The molecular weight excluding hydrogens is 484 g/mol. The van der Waals surface area contributed by atoms with Crippen LogP contribution in [0, 0.1) is 0 Å². The van der Waals surface area contributed by atoms with Gasteiger partial charge in [-0.2, -0.15) is 0 Å². The summed E-state index contributed by atoms with van der Waals surface area (Å²) in [6.07, 6.45) is 4.31. The molecule has 9 nitrogen and oxygen atoms in total. The quantitative estimate of drug-likeness (QED) is 0.498. The summed E-state index contributed by atoms with van der Waals surface area (Å²) >= 11 is 6.19. The largest absolute Gasteiger partial charge is 0.527 e. The van der Waals surface area contributed by atoms with Crippen molar-refractivity contribution in [1.82, 2.24) is 20.2 Å². The summed E-state index contributed by atoms with van der Waals surface area (Å²) in [7, 11) is 4.25. The van der Waals surface area contributed by atoms with Crippen molar-refractivity contribution in [1.29, 1.82) is 0 Å². The Morgan fingerprint density at radius 1 is 1.11 bits per heavy atom. The van der Waals surface area contributed by atoms with Crippen molar-refractivity contribution in [3.8, 4) is 0 Å². The molecule has 1 aliphatic heterocycles. The highest BCUT2D eigenvalue weighted by Gasteiger charge is 2.37. The molecule has 1 aromatic carbocycles. The lowest BCUT2D eigenvalue weighted by Crippen LogP contribution is -2.52. The molecule has 1 heterocycles. The maximum Gasteiger partial charge on any atom is 0.527 e. The number of carbonyl (C=O) groups excluding carboxylic acids is 3. The normalized spacial score (nSPS) is 22.8. The molecular formula is C26H39ClN4O5. The Bertz CT molecular complexity index is 896. The maximum atomic E-state index is 12.6. The van der Waals surface area contributed by atoms with E-state index in [1.165, 1.54) is 10.6 Å². The Morgan fingerprint density at radius 3 is 2.42 bits per heavy atom. The minimum Gasteiger partial charge on any atom is -0.433 e. The first-order chi connectivity index (χ1) is 17.2. The van der Waals surface area contributed by atoms with Gasteiger partial charge >= 0.3 is 6.16 Å². The summed E-state index contributed by atoms with van der Waals surface area (Å²) in [5, 5.41) is 5.39. The monoisotopic (exact) mass is 522 g/mol. The molecule has 3 rings (SSSR count). The third-order valence-electron chi connectivity index (χ3n) is 7.28. The number of likely N-dealkylation sites (N-methyl/N-ethyl adjacent to an activating group) is 1. The van der Waals surface area contributed by atoms with Crippen molar-refractivity contribution in [2.75, 3.05) is 46.9 Å². The Balaban J connectivity index is 1.38. The highest BCUT2D eigenvalue weighted by molar-refractivity contribution is 6.30. The molecule has 1 saturated carbocycles. The predicted octanol–water partition coefficient (Wildman–Crippen LogP) is 3.25. The molecule has 2 aliphatic rings. The van der Waals surface area contributed by atoms with Gasteiger partial charge in [-0.1, -0.05) is 23.7 Å². The summed E-state index contributed by atoms with van der Waals surface area (Å²) in [5.74, 6) is -0.137. The molecule has 0 atom stereocenters. The summed E-state index contributed by atoms with van der Waals surface area (Å²) < 4.78 is 4.76. The van der Waals surface area contributed by atoms with E-state index in [1.54, 1.807) is 11.8 Å². The van der Waals surface area contributed by atoms with Gasteiger partial charge in [0, 0.05) is 42.5 Å². The van der Waals surface area contributed by atoms with E-state index in [0.717, 1.165) is 37.1 Å². The number of benzene rings is 1. The van der Waals surface area contributed by atoms with Crippen LogP contribution in [0.5, 0.6) is 0 Å². The molecule has 1 aromatic rings. The molecule has 0 spiro atoms. The van der Waals surface area contributed by atoms with Crippen molar-refractivity contribution in [3.63, 3.8) is 0 Å². The fourth-order valence-corrected chi connectivity index (χ4v) is 5.28. The number of hydrogen-bond acceptors (Lipinski definition) is 7. The first-order valence-corrected chi connectivity index (χ1v) is 13.2. The van der Waals surface area contributed by atoms with Crippen molar-refractivity contribution in [3.05, 3.63) is 34.9 Å². The number of rotatable bonds is 9. The first kappa shape index (κ1) is 28.2. The third-order valence-corrected chi connectivity index (χ3v) is 7.51. The predicted molar refractivity (Wildman–Crippen MR) is 137 cm³/mol. The number of carbonyl (C=O) groups is 3. The maximum absolute atomic E-state index is 12.6. The molecule has 0 bridgehead atoms. The number of nitrogens with zero attached hydrogens (tertiary/aromatic N) is 3. The van der Waals surface area contributed by atoms with Gasteiger partial charge in [-0.3, -0.25) is 9.59 Å². The molecule has 0 aromatic heterocycles. The van der Waals surface area contributed by atoms with E-state index in [4.69, 9.17) is 21.2 Å². The Hall–Kier alpha value is -2.36. The molecule has 1 saturated heterocycles. The molecule has 0 unspecified atom stereocenters. The average molecular weight is 523 g/mol. The van der Waals surface area contributed by atoms with Crippen LogP contribution in [0.3, 0.4) is 0 Å². The molecule has 200 valence electrons. The number of nitrogens with one attached hydrogen (secondary N) is 1. The van der Waals surface area contributed by atoms with Gasteiger partial charge in [-0.05, 0) is 70.8 Å². The lowest BCUT2D eigenvalue weighted by atomic mass is 9.75. The van der Waals surface area contributed by atoms with Crippen molar-refractivity contribution in [2.45, 2.75) is 63.5 Å². The van der Waals surface area contributed by atoms with Gasteiger partial charge in [0.2, 0.25) is 11.8 Å². The molecule has 36 heavy (non-hydrogen) atoms. The van der Waals surface area contributed by atoms with E-state index in [0.29, 0.717) is 26.2 Å². The van der Waals surface area contributed by atoms with Gasteiger partial charge in [-0.25, -0.2) is 4.79 Å². The Kier molecular flexibility index (Phi) is 10.4. The zero-order valence-electron chi connectivity index (χ0n) is 21.6. The van der Waals surface area contributed by atoms with Crippen molar-refractivity contribution in [2.24, 2.45) is 0 Å². The van der Waals surface area contributed by atoms with E-state index in [2.05, 4.69) is 30.4 Å². The number of hydroxylamine groups is 2. The van der Waals surface area contributed by atoms with Crippen LogP contribution < -0.4 is 5.32 Å². The Morgan fingerprint density at radius 2 is 1.81 bits per heavy atom. The van der Waals surface area contributed by atoms with Gasteiger partial charge in [0.25, 0.3) is 0 Å². The zero-order valence-corrected chi connectivity index (χ0v) is 22.4. The second-order valence-electron chi connectivity index (χ2n) is 9.85. The van der Waals surface area contributed by atoms with Crippen LogP contribution in [0.1, 0.15) is 51.0 Å². The van der Waals surface area contributed by atoms with E-state index in [-0.39, 0.29) is 42.8 Å². The fraction of sp³-hybridized carbons (Fsp3) is 0.654. The highest BCUT2D eigenvalue weighted by Crippen LogP contribution is 2.36. The molecule has 2 amide bonds. The standard InChI is InChI=1S/C26H39ClN4O5/c1-4-35-25(34)36-31-16-14-30(15-17-31)24(33)9-8-23(32)28-22-10-12-26(13-11-22,29(2)3)19-20-6-5-7-21(27)18-20/h5-7,18,22H,4,8-17,19H2,1-3H3,(H,28,32). The Labute approximate surface area is 219 Å². The lowest BCUT2D eigenvalue weighted by molar-refractivity contribution is -0.156. The van der Waals surface area contributed by atoms with Crippen LogP contribution in [0.2, 0.25) is 5.02 Å². The van der Waals surface area contributed by atoms with E-state index < -0.39 is 6.16 Å². The van der Waals surface area contributed by atoms with Crippen LogP contribution in [0.25, 0.3) is 0 Å². The van der Waals surface area contributed by atoms with Crippen LogP contribution in [0.4, 0.5) is 4.79 Å². The summed E-state index contributed by atoms with van der Waals surface area (Å²) in [6, 6.07) is 8.17. The van der Waals surface area contributed by atoms with Crippen molar-refractivity contribution < 1.29 is 24.0 Å². The summed E-state index contributed by atoms with van der Waals surface area (Å²) in [6.45, 7) is 3.69. The van der Waals surface area contributed by atoms with E-state index >= 15 is 0 Å². The van der Waals surface area contributed by atoms with Gasteiger partial charge in [0.05, 0.1) is 19.7 Å². The summed E-state index contributed by atoms with van der Waals surface area (Å²) in [5.41, 5.74) is 1.27. The number of hydrogen-bond donors (Lipinski definition) is 1. The van der Waals surface area contributed by atoms with Crippen molar-refractivity contribution >= 4 is 29.6 Å². The second-order valence-corrected chi connectivity index (χ2v) is 10.3. The van der Waals surface area contributed by atoms with Crippen LogP contribution in [-0.2, 0) is 25.6 Å². The van der Waals surface area contributed by atoms with Gasteiger partial charge in [-0.15, -0.1) is 5.06 Å². The average Bonchev–Trinajstić information content (AvgIpc) is 2.84. The SMILES string of the molecule is CCOC(=O)ON1CCN(C(=O)CCC(=O)NC2CCC(Cc3cccc(Cl)c3)(N(C)C)CC2)CC1. The van der Waals surface area contributed by atoms with E-state index in [9.17, 15) is 14.4 Å². The van der Waals surface area contributed by atoms with Crippen LogP contribution in [-0.4, -0.2) is 91.3 Å². The molecule has 1 aliphatic carbocycles. The number of halogens is 1. The van der Waals surface area contributed by atoms with E-state index in [1.807, 2.05) is 18.2 Å². The minimum atomic E-state index is -0.732. The third kappa shape index (κ3) is 8.08. The lowest BCUT2D eigenvalue weighted by Gasteiger charge is -2.45. The molecule has 1 N–H and O–H groups in total. The second kappa shape index (κ2) is 13.3. The van der Waals surface area contributed by atoms with Gasteiger partial charge < -0.3 is 24.7 Å². The number of piperazine rings is 1. The van der Waals surface area contributed by atoms with Crippen LogP contribution in [0.15, 0.2) is 24.3 Å². The molecule has 10 heteroatoms. The fourth-order valence-electron chi connectivity index (χ4n) is 5.07. The molecule has 2 fully saturated rings. The zero-order chi connectivity index (χ0) is 26.1. The van der Waals surface area contributed by atoms with Gasteiger partial charge in [0.15, 0.2) is 0 Å². The number of amides is 2. The topological polar surface area (TPSA) is 91.4 Å².